The van der Waals surface area contributed by atoms with Crippen LogP contribution in [0.1, 0.15) is 17.3 Å². The van der Waals surface area contributed by atoms with Crippen LogP contribution in [0.2, 0.25) is 0 Å². The second-order valence-electron chi connectivity index (χ2n) is 2.70. The van der Waals surface area contributed by atoms with E-state index < -0.39 is 17.8 Å². The normalized spacial score (nSPS) is 13.7. The molecule has 5 heteroatoms. The molecule has 0 spiro atoms. The van der Waals surface area contributed by atoms with E-state index in [0.29, 0.717) is 0 Å². The molecule has 0 aliphatic heterocycles. The molecule has 1 aromatic rings. The van der Waals surface area contributed by atoms with Gasteiger partial charge in [-0.05, 0) is 12.1 Å². The lowest BCUT2D eigenvalue weighted by molar-refractivity contribution is -0.138. The van der Waals surface area contributed by atoms with Crippen molar-refractivity contribution in [2.24, 2.45) is 5.73 Å². The number of alkyl halides is 3. The van der Waals surface area contributed by atoms with Crippen LogP contribution in [-0.4, -0.2) is 4.98 Å². The summed E-state index contributed by atoms with van der Waals surface area (Å²) in [6.07, 6.45) is -1.93. The second-order valence-corrected chi connectivity index (χ2v) is 2.70. The van der Waals surface area contributed by atoms with Crippen molar-refractivity contribution in [1.29, 1.82) is 0 Å². The lowest BCUT2D eigenvalue weighted by Crippen LogP contribution is -2.17. The van der Waals surface area contributed by atoms with Crippen LogP contribution in [0.3, 0.4) is 0 Å². The largest absolute Gasteiger partial charge is 0.418 e. The first kappa shape index (κ1) is 10.7. The fourth-order valence-corrected chi connectivity index (χ4v) is 1.03. The van der Waals surface area contributed by atoms with E-state index in [4.69, 9.17) is 5.73 Å². The lowest BCUT2D eigenvalue weighted by atomic mass is 10.1. The maximum absolute atomic E-state index is 12.4. The van der Waals surface area contributed by atoms with Crippen molar-refractivity contribution in [3.63, 3.8) is 0 Å². The maximum Gasteiger partial charge on any atom is 0.418 e. The summed E-state index contributed by atoms with van der Waals surface area (Å²) in [5, 5.41) is 0. The lowest BCUT2D eigenvalue weighted by Gasteiger charge is -2.13. The fourth-order valence-electron chi connectivity index (χ4n) is 1.03. The van der Waals surface area contributed by atoms with Gasteiger partial charge >= 0.3 is 6.18 Å². The molecule has 0 aromatic carbocycles. The molecular formula is C9H9F3N2. The van der Waals surface area contributed by atoms with Crippen molar-refractivity contribution in [2.75, 3.05) is 0 Å². The first-order valence-electron chi connectivity index (χ1n) is 3.87. The van der Waals surface area contributed by atoms with Crippen molar-refractivity contribution >= 4 is 0 Å². The molecule has 0 amide bonds. The van der Waals surface area contributed by atoms with Crippen molar-refractivity contribution in [2.45, 2.75) is 12.2 Å². The topological polar surface area (TPSA) is 38.9 Å². The zero-order valence-corrected chi connectivity index (χ0v) is 7.25. The predicted molar refractivity (Wildman–Crippen MR) is 46.4 cm³/mol. The second kappa shape index (κ2) is 3.79. The summed E-state index contributed by atoms with van der Waals surface area (Å²) in [5.41, 5.74) is 4.40. The molecule has 0 radical (unpaired) electrons. The number of halogens is 3. The molecule has 14 heavy (non-hydrogen) atoms. The highest BCUT2D eigenvalue weighted by Crippen LogP contribution is 2.32. The summed E-state index contributed by atoms with van der Waals surface area (Å²) in [5.74, 6) is 0. The van der Waals surface area contributed by atoms with Gasteiger partial charge in [-0.3, -0.25) is 4.98 Å². The third-order valence-corrected chi connectivity index (χ3v) is 1.71. The van der Waals surface area contributed by atoms with Gasteiger partial charge < -0.3 is 5.73 Å². The van der Waals surface area contributed by atoms with E-state index in [1.807, 2.05) is 0 Å². The van der Waals surface area contributed by atoms with E-state index in [0.717, 1.165) is 6.07 Å². The number of nitrogens with two attached hydrogens (primary N) is 1. The van der Waals surface area contributed by atoms with Crippen LogP contribution in [0.25, 0.3) is 0 Å². The number of aromatic nitrogens is 1. The number of hydrogen-bond acceptors (Lipinski definition) is 2. The molecule has 2 N–H and O–H groups in total. The van der Waals surface area contributed by atoms with E-state index in [-0.39, 0.29) is 5.69 Å². The van der Waals surface area contributed by atoms with E-state index in [2.05, 4.69) is 11.6 Å². The van der Waals surface area contributed by atoms with Gasteiger partial charge in [0.15, 0.2) is 0 Å². The first-order chi connectivity index (χ1) is 6.46. The maximum atomic E-state index is 12.4. The fraction of sp³-hybridized carbons (Fsp3) is 0.222. The summed E-state index contributed by atoms with van der Waals surface area (Å²) >= 11 is 0. The van der Waals surface area contributed by atoms with Gasteiger partial charge in [0.05, 0.1) is 17.3 Å². The Morgan fingerprint density at radius 2 is 2.14 bits per heavy atom. The summed E-state index contributed by atoms with van der Waals surface area (Å²) in [6, 6.07) is 1.28. The Morgan fingerprint density at radius 3 is 2.64 bits per heavy atom. The molecule has 0 bridgehead atoms. The van der Waals surface area contributed by atoms with Gasteiger partial charge in [-0.15, -0.1) is 6.58 Å². The molecule has 1 rings (SSSR count). The Labute approximate surface area is 79.3 Å². The van der Waals surface area contributed by atoms with Crippen molar-refractivity contribution in [1.82, 2.24) is 4.98 Å². The molecule has 2 nitrogen and oxygen atoms in total. The van der Waals surface area contributed by atoms with Crippen molar-refractivity contribution < 1.29 is 13.2 Å². The summed E-state index contributed by atoms with van der Waals surface area (Å²) in [4.78, 5) is 3.60. The highest BCUT2D eigenvalue weighted by atomic mass is 19.4. The number of nitrogens with zero attached hydrogens (tertiary/aromatic N) is 1. The summed E-state index contributed by atoms with van der Waals surface area (Å²) in [6.45, 7) is 3.33. The molecule has 0 aliphatic rings. The van der Waals surface area contributed by atoms with Gasteiger partial charge in [-0.2, -0.15) is 13.2 Å². The Kier molecular flexibility index (Phi) is 2.90. The van der Waals surface area contributed by atoms with Crippen molar-refractivity contribution in [3.05, 3.63) is 42.2 Å². The molecule has 1 atom stereocenters. The smallest absolute Gasteiger partial charge is 0.319 e. The zero-order valence-electron chi connectivity index (χ0n) is 7.25. The molecule has 1 aromatic heterocycles. The average molecular weight is 202 g/mol. The zero-order chi connectivity index (χ0) is 10.8. The van der Waals surface area contributed by atoms with E-state index in [1.165, 1.54) is 18.3 Å². The molecule has 76 valence electrons. The highest BCUT2D eigenvalue weighted by molar-refractivity contribution is 5.27. The number of rotatable bonds is 2. The molecule has 0 saturated carbocycles. The highest BCUT2D eigenvalue weighted by Gasteiger charge is 2.34. The van der Waals surface area contributed by atoms with Crippen LogP contribution in [-0.2, 0) is 6.18 Å². The van der Waals surface area contributed by atoms with E-state index in [1.54, 1.807) is 0 Å². The molecule has 1 heterocycles. The summed E-state index contributed by atoms with van der Waals surface area (Å²) < 4.78 is 37.2. The predicted octanol–water partition coefficient (Wildman–Crippen LogP) is 2.29. The van der Waals surface area contributed by atoms with Crippen LogP contribution < -0.4 is 5.73 Å². The Morgan fingerprint density at radius 1 is 1.50 bits per heavy atom. The van der Waals surface area contributed by atoms with Crippen LogP contribution in [0.15, 0.2) is 31.0 Å². The molecule has 0 unspecified atom stereocenters. The van der Waals surface area contributed by atoms with Gasteiger partial charge in [0, 0.05) is 6.20 Å². The van der Waals surface area contributed by atoms with E-state index in [9.17, 15) is 13.2 Å². The monoisotopic (exact) mass is 202 g/mol. The van der Waals surface area contributed by atoms with Gasteiger partial charge in [-0.25, -0.2) is 0 Å². The van der Waals surface area contributed by atoms with E-state index >= 15 is 0 Å². The van der Waals surface area contributed by atoms with Gasteiger partial charge in [-0.1, -0.05) is 6.08 Å². The Bertz CT molecular complexity index is 333. The van der Waals surface area contributed by atoms with Crippen molar-refractivity contribution in [3.8, 4) is 0 Å². The molecular weight excluding hydrogens is 193 g/mol. The minimum atomic E-state index is -4.43. The minimum Gasteiger partial charge on any atom is -0.319 e. The third-order valence-electron chi connectivity index (χ3n) is 1.71. The standard InChI is InChI=1S/C9H9F3N2/c1-2-7(13)8-6(9(10,11)12)4-3-5-14-8/h2-5,7H,1,13H2/t7-/m1/s1. The van der Waals surface area contributed by atoms with Gasteiger partial charge in [0.25, 0.3) is 0 Å². The van der Waals surface area contributed by atoms with Gasteiger partial charge in [0.2, 0.25) is 0 Å². The molecule has 0 saturated heterocycles. The van der Waals surface area contributed by atoms with Crippen LogP contribution in [0.5, 0.6) is 0 Å². The quantitative estimate of drug-likeness (QED) is 0.747. The summed E-state index contributed by atoms with van der Waals surface area (Å²) in [7, 11) is 0. The third kappa shape index (κ3) is 2.11. The minimum absolute atomic E-state index is 0.199. The average Bonchev–Trinajstić information content (AvgIpc) is 2.15. The number of pyridine rings is 1. The molecule has 0 fully saturated rings. The van der Waals surface area contributed by atoms with Crippen LogP contribution in [0, 0.1) is 0 Å². The van der Waals surface area contributed by atoms with Gasteiger partial charge in [0.1, 0.15) is 0 Å². The number of hydrogen-bond donors (Lipinski definition) is 1. The Balaban J connectivity index is 3.22. The Hall–Kier alpha value is -1.36. The SMILES string of the molecule is C=C[C@@H](N)c1ncccc1C(F)(F)F. The van der Waals surface area contributed by atoms with Crippen LogP contribution in [0.4, 0.5) is 13.2 Å². The molecule has 0 aliphatic carbocycles. The van der Waals surface area contributed by atoms with Crippen LogP contribution >= 0.6 is 0 Å². The first-order valence-corrected chi connectivity index (χ1v) is 3.87.